The molecule has 1 amide bonds. The van der Waals surface area contributed by atoms with Crippen molar-refractivity contribution in [1.82, 2.24) is 0 Å². The molecular formula is C15H18ClNO2S2. The number of thioether (sulfide) groups is 2. The highest BCUT2D eigenvalue weighted by Crippen LogP contribution is 2.30. The summed E-state index contributed by atoms with van der Waals surface area (Å²) < 4.78 is 0.720. The predicted molar refractivity (Wildman–Crippen MR) is 94.1 cm³/mol. The lowest BCUT2D eigenvalue weighted by Gasteiger charge is -2.12. The Labute approximate surface area is 138 Å². The number of carbonyl (C=O) groups excluding carboxylic acids is 2. The molecule has 0 atom stereocenters. The lowest BCUT2D eigenvalue weighted by Crippen LogP contribution is -2.21. The average Bonchev–Trinajstić information content (AvgIpc) is 2.47. The summed E-state index contributed by atoms with van der Waals surface area (Å²) in [7, 11) is 0. The van der Waals surface area contributed by atoms with Crippen molar-refractivity contribution >= 4 is 52.5 Å². The van der Waals surface area contributed by atoms with Crippen molar-refractivity contribution in [3.8, 4) is 0 Å². The monoisotopic (exact) mass is 343 g/mol. The molecule has 3 nitrogen and oxygen atoms in total. The van der Waals surface area contributed by atoms with E-state index in [0.717, 1.165) is 4.24 Å². The Kier molecular flexibility index (Phi) is 7.93. The van der Waals surface area contributed by atoms with Gasteiger partial charge in [0.2, 0.25) is 0 Å². The second kappa shape index (κ2) is 9.18. The molecule has 0 unspecified atom stereocenters. The number of nitrogens with one attached hydrogen (secondary N) is 1. The molecule has 0 bridgehead atoms. The highest BCUT2D eigenvalue weighted by Gasteiger charge is 2.22. The molecule has 1 N–H and O–H groups in total. The SMILES string of the molecule is CCCC(=O)C(C(=O)Nc1ccccc1Cl)=C(SC)SC. The Hall–Kier alpha value is -0.910. The van der Waals surface area contributed by atoms with Crippen molar-refractivity contribution in [3.05, 3.63) is 39.1 Å². The van der Waals surface area contributed by atoms with E-state index in [1.54, 1.807) is 24.3 Å². The zero-order valence-electron chi connectivity index (χ0n) is 12.2. The van der Waals surface area contributed by atoms with E-state index in [1.807, 2.05) is 19.4 Å². The summed E-state index contributed by atoms with van der Waals surface area (Å²) in [6, 6.07) is 6.97. The van der Waals surface area contributed by atoms with E-state index in [2.05, 4.69) is 5.32 Å². The van der Waals surface area contributed by atoms with Crippen molar-refractivity contribution in [2.45, 2.75) is 19.8 Å². The average molecular weight is 344 g/mol. The van der Waals surface area contributed by atoms with Gasteiger partial charge >= 0.3 is 0 Å². The van der Waals surface area contributed by atoms with Gasteiger partial charge in [-0.05, 0) is 31.1 Å². The first kappa shape index (κ1) is 18.1. The molecule has 0 radical (unpaired) electrons. The van der Waals surface area contributed by atoms with Crippen LogP contribution in [0.5, 0.6) is 0 Å². The van der Waals surface area contributed by atoms with Gasteiger partial charge in [0, 0.05) is 6.42 Å². The Morgan fingerprint density at radius 2 is 1.81 bits per heavy atom. The van der Waals surface area contributed by atoms with Gasteiger partial charge < -0.3 is 5.32 Å². The third-order valence-corrected chi connectivity index (χ3v) is 5.16. The summed E-state index contributed by atoms with van der Waals surface area (Å²) in [5.41, 5.74) is 0.726. The smallest absolute Gasteiger partial charge is 0.261 e. The van der Waals surface area contributed by atoms with E-state index >= 15 is 0 Å². The number of amides is 1. The van der Waals surface area contributed by atoms with Gasteiger partial charge in [-0.2, -0.15) is 0 Å². The number of para-hydroxylation sites is 1. The number of benzene rings is 1. The van der Waals surface area contributed by atoms with Crippen molar-refractivity contribution in [1.29, 1.82) is 0 Å². The van der Waals surface area contributed by atoms with Crippen LogP contribution in [0.15, 0.2) is 34.1 Å². The second-order valence-electron chi connectivity index (χ2n) is 4.18. The Morgan fingerprint density at radius 3 is 2.33 bits per heavy atom. The first-order valence-corrected chi connectivity index (χ1v) is 9.29. The molecule has 114 valence electrons. The lowest BCUT2D eigenvalue weighted by molar-refractivity contribution is -0.120. The molecule has 0 saturated heterocycles. The van der Waals surface area contributed by atoms with E-state index < -0.39 is 5.91 Å². The third-order valence-electron chi connectivity index (χ3n) is 2.68. The number of rotatable bonds is 7. The van der Waals surface area contributed by atoms with Crippen LogP contribution >= 0.6 is 35.1 Å². The van der Waals surface area contributed by atoms with Crippen LogP contribution in [0.4, 0.5) is 5.69 Å². The fourth-order valence-electron chi connectivity index (χ4n) is 1.72. The summed E-state index contributed by atoms with van der Waals surface area (Å²) in [5.74, 6) is -0.541. The Morgan fingerprint density at radius 1 is 1.19 bits per heavy atom. The minimum Gasteiger partial charge on any atom is -0.320 e. The van der Waals surface area contributed by atoms with Crippen LogP contribution in [0.1, 0.15) is 19.8 Å². The fourth-order valence-corrected chi connectivity index (χ4v) is 3.39. The molecule has 0 aliphatic carbocycles. The fraction of sp³-hybridized carbons (Fsp3) is 0.333. The molecule has 0 aromatic heterocycles. The predicted octanol–water partition coefficient (Wildman–Crippen LogP) is 4.59. The van der Waals surface area contributed by atoms with Crippen molar-refractivity contribution < 1.29 is 9.59 Å². The van der Waals surface area contributed by atoms with Crippen molar-refractivity contribution in [2.24, 2.45) is 0 Å². The number of Topliss-reactive ketones (excluding diaryl/α,β-unsaturated/α-hetero) is 1. The molecule has 0 saturated carbocycles. The van der Waals surface area contributed by atoms with Gasteiger partial charge in [-0.25, -0.2) is 0 Å². The van der Waals surface area contributed by atoms with E-state index in [9.17, 15) is 9.59 Å². The molecule has 1 aromatic carbocycles. The van der Waals surface area contributed by atoms with Gasteiger partial charge in [0.1, 0.15) is 5.57 Å². The van der Waals surface area contributed by atoms with Crippen LogP contribution in [-0.4, -0.2) is 24.2 Å². The number of anilines is 1. The van der Waals surface area contributed by atoms with Crippen molar-refractivity contribution in [2.75, 3.05) is 17.8 Å². The first-order valence-electron chi connectivity index (χ1n) is 6.46. The van der Waals surface area contributed by atoms with Crippen LogP contribution in [0.3, 0.4) is 0 Å². The summed E-state index contributed by atoms with van der Waals surface area (Å²) in [4.78, 5) is 24.7. The van der Waals surface area contributed by atoms with E-state index in [4.69, 9.17) is 11.6 Å². The van der Waals surface area contributed by atoms with Gasteiger partial charge in [0.05, 0.1) is 14.9 Å². The molecule has 0 spiro atoms. The van der Waals surface area contributed by atoms with Gasteiger partial charge in [0.25, 0.3) is 5.91 Å². The standard InChI is InChI=1S/C15H18ClNO2S2/c1-4-7-12(18)13(15(20-2)21-3)14(19)17-11-9-6-5-8-10(11)16/h5-6,8-9H,4,7H2,1-3H3,(H,17,19). The van der Waals surface area contributed by atoms with Gasteiger partial charge in [-0.15, -0.1) is 23.5 Å². The highest BCUT2D eigenvalue weighted by atomic mass is 35.5. The Bertz CT molecular complexity index is 552. The van der Waals surface area contributed by atoms with Gasteiger partial charge in [-0.3, -0.25) is 9.59 Å². The maximum absolute atomic E-state index is 12.5. The van der Waals surface area contributed by atoms with E-state index in [1.165, 1.54) is 23.5 Å². The van der Waals surface area contributed by atoms with E-state index in [-0.39, 0.29) is 11.4 Å². The van der Waals surface area contributed by atoms with Crippen LogP contribution < -0.4 is 5.32 Å². The minimum atomic E-state index is -0.403. The summed E-state index contributed by atoms with van der Waals surface area (Å²) in [6.45, 7) is 1.92. The molecule has 0 aliphatic rings. The van der Waals surface area contributed by atoms with Crippen molar-refractivity contribution in [3.63, 3.8) is 0 Å². The normalized spacial score (nSPS) is 10.1. The summed E-state index contributed by atoms with van der Waals surface area (Å²) in [6.07, 6.45) is 4.77. The second-order valence-corrected chi connectivity index (χ2v) is 6.48. The van der Waals surface area contributed by atoms with Crippen LogP contribution in [0.25, 0.3) is 0 Å². The molecular weight excluding hydrogens is 326 g/mol. The zero-order chi connectivity index (χ0) is 15.8. The maximum Gasteiger partial charge on any atom is 0.261 e. The molecule has 6 heteroatoms. The number of carbonyl (C=O) groups is 2. The molecule has 1 rings (SSSR count). The largest absolute Gasteiger partial charge is 0.320 e. The topological polar surface area (TPSA) is 46.2 Å². The van der Waals surface area contributed by atoms with Crippen LogP contribution in [0, 0.1) is 0 Å². The highest BCUT2D eigenvalue weighted by molar-refractivity contribution is 8.21. The summed E-state index contributed by atoms with van der Waals surface area (Å²) in [5, 5.41) is 3.17. The number of hydrogen-bond acceptors (Lipinski definition) is 4. The molecule has 1 aromatic rings. The molecule has 0 fully saturated rings. The minimum absolute atomic E-state index is 0.138. The maximum atomic E-state index is 12.5. The van der Waals surface area contributed by atoms with Crippen LogP contribution in [-0.2, 0) is 9.59 Å². The quantitative estimate of drug-likeness (QED) is 0.447. The van der Waals surface area contributed by atoms with Gasteiger partial charge in [-0.1, -0.05) is 30.7 Å². The Balaban J connectivity index is 3.10. The van der Waals surface area contributed by atoms with Crippen LogP contribution in [0.2, 0.25) is 5.02 Å². The number of ketones is 1. The number of hydrogen-bond donors (Lipinski definition) is 1. The molecule has 21 heavy (non-hydrogen) atoms. The van der Waals surface area contributed by atoms with Gasteiger partial charge in [0.15, 0.2) is 5.78 Å². The zero-order valence-corrected chi connectivity index (χ0v) is 14.6. The molecule has 0 aliphatic heterocycles. The summed E-state index contributed by atoms with van der Waals surface area (Å²) >= 11 is 8.84. The molecule has 0 heterocycles. The third kappa shape index (κ3) is 5.09. The lowest BCUT2D eigenvalue weighted by atomic mass is 10.1. The van der Waals surface area contributed by atoms with E-state index in [0.29, 0.717) is 23.6 Å². The number of halogens is 1. The first-order chi connectivity index (χ1) is 10.0.